The monoisotopic (exact) mass is 310 g/mol. The Morgan fingerprint density at radius 2 is 1.83 bits per heavy atom. The van der Waals surface area contributed by atoms with Gasteiger partial charge in [-0.2, -0.15) is 0 Å². The number of amides is 2. The smallest absolute Gasteiger partial charge is 0.258 e. The first kappa shape index (κ1) is 15.1. The van der Waals surface area contributed by atoms with Crippen molar-refractivity contribution in [1.82, 2.24) is 0 Å². The largest absolute Gasteiger partial charge is 0.491 e. The van der Waals surface area contributed by atoms with Crippen LogP contribution in [-0.2, 0) is 4.79 Å². The van der Waals surface area contributed by atoms with Crippen molar-refractivity contribution in [2.45, 2.75) is 20.0 Å². The van der Waals surface area contributed by atoms with E-state index in [1.54, 1.807) is 30.3 Å². The number of anilines is 2. The first-order valence-corrected chi connectivity index (χ1v) is 7.52. The predicted octanol–water partition coefficient (Wildman–Crippen LogP) is 3.07. The molecule has 0 atom stereocenters. The molecule has 1 aliphatic rings. The molecular formula is C18H18N2O3. The summed E-state index contributed by atoms with van der Waals surface area (Å²) in [6, 6.07) is 14.2. The van der Waals surface area contributed by atoms with Gasteiger partial charge in [0.15, 0.2) is 0 Å². The fourth-order valence-electron chi connectivity index (χ4n) is 2.52. The molecule has 0 unspecified atom stereocenters. The van der Waals surface area contributed by atoms with Gasteiger partial charge < -0.3 is 10.1 Å². The van der Waals surface area contributed by atoms with Crippen LogP contribution in [0, 0.1) is 0 Å². The van der Waals surface area contributed by atoms with Gasteiger partial charge in [0.05, 0.1) is 17.5 Å². The summed E-state index contributed by atoms with van der Waals surface area (Å²) in [7, 11) is 0. The van der Waals surface area contributed by atoms with Gasteiger partial charge in [0, 0.05) is 5.56 Å². The standard InChI is InChI=1S/C18H18N2O3/c1-12(2)23-14-9-7-13(8-10-14)18(22)20-11-17(21)19-15-5-3-4-6-16(15)20/h3-10,12H,11H2,1-2H3,(H,19,21). The molecular weight excluding hydrogens is 292 g/mol. The molecule has 5 nitrogen and oxygen atoms in total. The normalized spacial score (nSPS) is 13.5. The second-order valence-corrected chi connectivity index (χ2v) is 5.65. The van der Waals surface area contributed by atoms with E-state index in [0.717, 1.165) is 0 Å². The average molecular weight is 310 g/mol. The fourth-order valence-corrected chi connectivity index (χ4v) is 2.52. The summed E-state index contributed by atoms with van der Waals surface area (Å²) >= 11 is 0. The Kier molecular flexibility index (Phi) is 4.02. The molecule has 0 bridgehead atoms. The lowest BCUT2D eigenvalue weighted by Crippen LogP contribution is -2.42. The predicted molar refractivity (Wildman–Crippen MR) is 89.0 cm³/mol. The van der Waals surface area contributed by atoms with E-state index in [1.165, 1.54) is 4.90 Å². The fraction of sp³-hybridized carbons (Fsp3) is 0.222. The van der Waals surface area contributed by atoms with Gasteiger partial charge in [-0.15, -0.1) is 0 Å². The molecule has 1 N–H and O–H groups in total. The van der Waals surface area contributed by atoms with E-state index in [9.17, 15) is 9.59 Å². The number of hydrogen-bond donors (Lipinski definition) is 1. The molecule has 2 aromatic carbocycles. The van der Waals surface area contributed by atoms with Gasteiger partial charge >= 0.3 is 0 Å². The molecule has 0 aromatic heterocycles. The summed E-state index contributed by atoms with van der Waals surface area (Å²) in [5.74, 6) is 0.313. The highest BCUT2D eigenvalue weighted by molar-refractivity contribution is 6.15. The Hall–Kier alpha value is -2.82. The van der Waals surface area contributed by atoms with Crippen molar-refractivity contribution in [3.05, 3.63) is 54.1 Å². The number of fused-ring (bicyclic) bond motifs is 1. The molecule has 0 aliphatic carbocycles. The lowest BCUT2D eigenvalue weighted by Gasteiger charge is -2.29. The molecule has 23 heavy (non-hydrogen) atoms. The third-order valence-electron chi connectivity index (χ3n) is 3.49. The van der Waals surface area contributed by atoms with Gasteiger partial charge in [-0.3, -0.25) is 14.5 Å². The van der Waals surface area contributed by atoms with Gasteiger partial charge in [0.25, 0.3) is 5.91 Å². The Morgan fingerprint density at radius 1 is 1.13 bits per heavy atom. The maximum absolute atomic E-state index is 12.7. The maximum Gasteiger partial charge on any atom is 0.258 e. The number of hydrogen-bond acceptors (Lipinski definition) is 3. The molecule has 0 spiro atoms. The van der Waals surface area contributed by atoms with Crippen molar-refractivity contribution in [3.8, 4) is 5.75 Å². The van der Waals surface area contributed by atoms with Crippen LogP contribution in [0.25, 0.3) is 0 Å². The SMILES string of the molecule is CC(C)Oc1ccc(C(=O)N2CC(=O)Nc3ccccc32)cc1. The quantitative estimate of drug-likeness (QED) is 0.948. The lowest BCUT2D eigenvalue weighted by molar-refractivity contribution is -0.115. The van der Waals surface area contributed by atoms with E-state index in [2.05, 4.69) is 5.32 Å². The molecule has 5 heteroatoms. The molecule has 2 aromatic rings. The van der Waals surface area contributed by atoms with Crippen LogP contribution in [0.2, 0.25) is 0 Å². The molecule has 0 saturated carbocycles. The van der Waals surface area contributed by atoms with E-state index in [-0.39, 0.29) is 24.5 Å². The molecule has 0 radical (unpaired) electrons. The average Bonchev–Trinajstić information content (AvgIpc) is 2.53. The Balaban J connectivity index is 1.87. The van der Waals surface area contributed by atoms with Crippen LogP contribution in [0.4, 0.5) is 11.4 Å². The number of benzene rings is 2. The number of para-hydroxylation sites is 2. The highest BCUT2D eigenvalue weighted by atomic mass is 16.5. The summed E-state index contributed by atoms with van der Waals surface area (Å²) in [4.78, 5) is 26.1. The lowest BCUT2D eigenvalue weighted by atomic mass is 10.1. The first-order chi connectivity index (χ1) is 11.0. The van der Waals surface area contributed by atoms with Crippen LogP contribution in [0.15, 0.2) is 48.5 Å². The van der Waals surface area contributed by atoms with Gasteiger partial charge in [0.1, 0.15) is 12.3 Å². The van der Waals surface area contributed by atoms with Crippen molar-refractivity contribution in [1.29, 1.82) is 0 Å². The van der Waals surface area contributed by atoms with Crippen LogP contribution >= 0.6 is 0 Å². The molecule has 0 fully saturated rings. The summed E-state index contributed by atoms with van der Waals surface area (Å²) in [5, 5.41) is 2.77. The van der Waals surface area contributed by atoms with Crippen molar-refractivity contribution >= 4 is 23.2 Å². The Bertz CT molecular complexity index is 738. The Labute approximate surface area is 134 Å². The second kappa shape index (κ2) is 6.12. The van der Waals surface area contributed by atoms with Gasteiger partial charge in [0.2, 0.25) is 5.91 Å². The molecule has 1 heterocycles. The van der Waals surface area contributed by atoms with Crippen molar-refractivity contribution in [2.75, 3.05) is 16.8 Å². The number of nitrogens with one attached hydrogen (secondary N) is 1. The van der Waals surface area contributed by atoms with E-state index in [4.69, 9.17) is 4.74 Å². The Morgan fingerprint density at radius 3 is 2.52 bits per heavy atom. The van der Waals surface area contributed by atoms with E-state index in [1.807, 2.05) is 32.0 Å². The number of nitrogens with zero attached hydrogens (tertiary/aromatic N) is 1. The summed E-state index contributed by atoms with van der Waals surface area (Å²) in [6.07, 6.45) is 0.0780. The van der Waals surface area contributed by atoms with E-state index >= 15 is 0 Å². The third-order valence-corrected chi connectivity index (χ3v) is 3.49. The topological polar surface area (TPSA) is 58.6 Å². The van der Waals surface area contributed by atoms with Crippen LogP contribution in [0.5, 0.6) is 5.75 Å². The van der Waals surface area contributed by atoms with Crippen LogP contribution < -0.4 is 15.0 Å². The highest BCUT2D eigenvalue weighted by Gasteiger charge is 2.27. The van der Waals surface area contributed by atoms with E-state index in [0.29, 0.717) is 22.7 Å². The summed E-state index contributed by atoms with van der Waals surface area (Å²) < 4.78 is 5.58. The summed E-state index contributed by atoms with van der Waals surface area (Å²) in [5.41, 5.74) is 1.88. The van der Waals surface area contributed by atoms with Gasteiger partial charge in [-0.25, -0.2) is 0 Å². The second-order valence-electron chi connectivity index (χ2n) is 5.65. The number of carbonyl (C=O) groups is 2. The molecule has 2 amide bonds. The first-order valence-electron chi connectivity index (χ1n) is 7.52. The minimum absolute atomic E-state index is 0.0140. The zero-order valence-corrected chi connectivity index (χ0v) is 13.1. The van der Waals surface area contributed by atoms with Gasteiger partial charge in [-0.1, -0.05) is 12.1 Å². The zero-order chi connectivity index (χ0) is 16.4. The third kappa shape index (κ3) is 3.18. The molecule has 0 saturated heterocycles. The number of rotatable bonds is 3. The van der Waals surface area contributed by atoms with Crippen molar-refractivity contribution < 1.29 is 14.3 Å². The van der Waals surface area contributed by atoms with Gasteiger partial charge in [-0.05, 0) is 50.2 Å². The van der Waals surface area contributed by atoms with E-state index < -0.39 is 0 Å². The highest BCUT2D eigenvalue weighted by Crippen LogP contribution is 2.30. The minimum atomic E-state index is -0.205. The zero-order valence-electron chi connectivity index (χ0n) is 13.1. The molecule has 1 aliphatic heterocycles. The van der Waals surface area contributed by atoms with Crippen LogP contribution in [-0.4, -0.2) is 24.5 Å². The minimum Gasteiger partial charge on any atom is -0.491 e. The number of carbonyl (C=O) groups excluding carboxylic acids is 2. The number of ether oxygens (including phenoxy) is 1. The van der Waals surface area contributed by atoms with Crippen molar-refractivity contribution in [2.24, 2.45) is 0 Å². The summed E-state index contributed by atoms with van der Waals surface area (Å²) in [6.45, 7) is 3.91. The maximum atomic E-state index is 12.7. The molecule has 3 rings (SSSR count). The van der Waals surface area contributed by atoms with Crippen LogP contribution in [0.1, 0.15) is 24.2 Å². The van der Waals surface area contributed by atoms with Crippen LogP contribution in [0.3, 0.4) is 0 Å². The molecule has 118 valence electrons. The van der Waals surface area contributed by atoms with Crippen molar-refractivity contribution in [3.63, 3.8) is 0 Å².